The molecule has 0 aliphatic carbocycles. The average Bonchev–Trinajstić information content (AvgIpc) is 1.69. The number of rotatable bonds is 2. The van der Waals surface area contributed by atoms with Crippen LogP contribution in [-0.2, 0) is 0 Å². The van der Waals surface area contributed by atoms with Crippen LogP contribution in [0, 0.1) is 11.3 Å². The van der Waals surface area contributed by atoms with Crippen molar-refractivity contribution in [3.05, 3.63) is 0 Å². The van der Waals surface area contributed by atoms with Crippen LogP contribution >= 0.6 is 11.6 Å². The summed E-state index contributed by atoms with van der Waals surface area (Å²) >= 11 is 5.08. The maximum Gasteiger partial charge on any atom is 0.0101 e. The lowest BCUT2D eigenvalue weighted by Gasteiger charge is -1.80. The lowest BCUT2D eigenvalue weighted by atomic mass is 10.3. The van der Waals surface area contributed by atoms with E-state index in [0.717, 1.165) is 6.42 Å². The van der Waals surface area contributed by atoms with Gasteiger partial charge in [0.15, 0.2) is 0 Å². The fourth-order valence-corrected chi connectivity index (χ4v) is 0.407. The number of hydrogen-bond acceptors (Lipinski definition) is 0. The minimum Gasteiger partial charge on any atom is -0.0859 e. The molecule has 40 valence electrons. The molecule has 0 aromatic heterocycles. The van der Waals surface area contributed by atoms with E-state index in [2.05, 4.69) is 18.2 Å². The van der Waals surface area contributed by atoms with Crippen LogP contribution in [0.3, 0.4) is 0 Å². The molecule has 7 heavy (non-hydrogen) atoms. The zero-order valence-corrected chi connectivity index (χ0v) is 5.26. The van der Waals surface area contributed by atoms with Gasteiger partial charge in [-0.15, -0.1) is 0 Å². The van der Waals surface area contributed by atoms with Crippen molar-refractivity contribution in [1.82, 2.24) is 0 Å². The van der Waals surface area contributed by atoms with Crippen molar-refractivity contribution in [3.63, 3.8) is 0 Å². The maximum absolute atomic E-state index is 5.08. The molecule has 0 nitrogen and oxygen atoms in total. The van der Waals surface area contributed by atoms with Gasteiger partial charge in [-0.2, -0.15) is 0 Å². The molecule has 0 saturated carbocycles. The fourth-order valence-electron chi connectivity index (χ4n) is 0.312. The highest BCUT2D eigenvalue weighted by Crippen LogP contribution is 1.90. The summed E-state index contributed by atoms with van der Waals surface area (Å²) in [5.41, 5.74) is 0. The molecule has 0 N–H and O–H groups in total. The van der Waals surface area contributed by atoms with Gasteiger partial charge >= 0.3 is 0 Å². The summed E-state index contributed by atoms with van der Waals surface area (Å²) < 4.78 is 0. The summed E-state index contributed by atoms with van der Waals surface area (Å²) in [6, 6.07) is 0. The van der Waals surface area contributed by atoms with Gasteiger partial charge in [0.25, 0.3) is 0 Å². The third-order valence-corrected chi connectivity index (χ3v) is 0.856. The van der Waals surface area contributed by atoms with Gasteiger partial charge in [0.2, 0.25) is 0 Å². The molecule has 0 spiro atoms. The first kappa shape index (κ1) is 6.85. The second-order valence-electron chi connectivity index (χ2n) is 1.37. The Balaban J connectivity index is 2.78. The summed E-state index contributed by atoms with van der Waals surface area (Å²) in [7, 11) is 0. The summed E-state index contributed by atoms with van der Waals surface area (Å²) in [6.07, 6.45) is 3.31. The molecule has 0 unspecified atom stereocenters. The van der Waals surface area contributed by atoms with E-state index < -0.39 is 0 Å². The molecule has 0 amide bonds. The largest absolute Gasteiger partial charge is 0.0859 e. The highest BCUT2D eigenvalue weighted by molar-refractivity contribution is 6.30. The normalized spacial score (nSPS) is 7.14. The van der Waals surface area contributed by atoms with E-state index in [9.17, 15) is 0 Å². The first-order valence-corrected chi connectivity index (χ1v) is 2.88. The molecule has 0 bridgehead atoms. The Kier molecular flexibility index (Phi) is 5.72. The van der Waals surface area contributed by atoms with E-state index in [1.54, 1.807) is 0 Å². The van der Waals surface area contributed by atoms with E-state index in [1.807, 2.05) is 0 Å². The molecule has 0 aliphatic rings. The van der Waals surface area contributed by atoms with Gasteiger partial charge in [-0.05, 0) is 18.0 Å². The van der Waals surface area contributed by atoms with Gasteiger partial charge in [-0.3, -0.25) is 0 Å². The van der Waals surface area contributed by atoms with Crippen molar-refractivity contribution >= 4 is 11.6 Å². The molecule has 0 saturated heterocycles. The van der Waals surface area contributed by atoms with Crippen LogP contribution in [0.15, 0.2) is 0 Å². The van der Waals surface area contributed by atoms with Crippen molar-refractivity contribution < 1.29 is 0 Å². The molecule has 0 aromatic rings. The highest BCUT2D eigenvalue weighted by atomic mass is 35.5. The average molecular weight is 117 g/mol. The van der Waals surface area contributed by atoms with E-state index >= 15 is 0 Å². The van der Waals surface area contributed by atoms with Crippen molar-refractivity contribution in [2.75, 3.05) is 0 Å². The second kappa shape index (κ2) is 5.85. The lowest BCUT2D eigenvalue weighted by Crippen LogP contribution is -1.63. The van der Waals surface area contributed by atoms with E-state index in [0.29, 0.717) is 0 Å². The zero-order valence-electron chi connectivity index (χ0n) is 4.50. The predicted octanol–water partition coefficient (Wildman–Crippen LogP) is 2.38. The molecule has 0 fully saturated rings. The Morgan fingerprint density at radius 1 is 1.57 bits per heavy atom. The lowest BCUT2D eigenvalue weighted by molar-refractivity contribution is 0.828. The minimum absolute atomic E-state index is 0.944. The Hall–Kier alpha value is -0.150. The fraction of sp³-hybridized carbons (Fsp3) is 0.667. The molecule has 0 aliphatic heterocycles. The van der Waals surface area contributed by atoms with Crippen LogP contribution in [0.25, 0.3) is 0 Å². The van der Waals surface area contributed by atoms with Crippen LogP contribution in [0.2, 0.25) is 0 Å². The van der Waals surface area contributed by atoms with Gasteiger partial charge in [0, 0.05) is 11.8 Å². The van der Waals surface area contributed by atoms with Gasteiger partial charge < -0.3 is 0 Å². The van der Waals surface area contributed by atoms with Crippen LogP contribution in [0.5, 0.6) is 0 Å². The molecule has 0 aromatic carbocycles. The molecule has 0 atom stereocenters. The smallest absolute Gasteiger partial charge is 0.0101 e. The van der Waals surface area contributed by atoms with Crippen LogP contribution in [0.4, 0.5) is 0 Å². The van der Waals surface area contributed by atoms with Crippen molar-refractivity contribution in [1.29, 1.82) is 0 Å². The Bertz CT molecular complexity index is 75.9. The van der Waals surface area contributed by atoms with Gasteiger partial charge in [-0.1, -0.05) is 19.3 Å². The third kappa shape index (κ3) is 5.85. The quantitative estimate of drug-likeness (QED) is 0.384. The van der Waals surface area contributed by atoms with Gasteiger partial charge in [-0.25, -0.2) is 0 Å². The van der Waals surface area contributed by atoms with Gasteiger partial charge in [0.1, 0.15) is 0 Å². The SMILES string of the molecule is CCCCC#CCl. The second-order valence-corrected chi connectivity index (χ2v) is 1.56. The van der Waals surface area contributed by atoms with E-state index in [4.69, 9.17) is 11.6 Å². The van der Waals surface area contributed by atoms with E-state index in [-0.39, 0.29) is 0 Å². The summed E-state index contributed by atoms with van der Waals surface area (Å²) in [6.45, 7) is 2.13. The standard InChI is InChI=1S/C6H9Cl/c1-2-3-4-5-6-7/h2-4H2,1H3. The summed E-state index contributed by atoms with van der Waals surface area (Å²) in [4.78, 5) is 0. The molecule has 0 heterocycles. The van der Waals surface area contributed by atoms with E-state index in [1.165, 1.54) is 12.8 Å². The topological polar surface area (TPSA) is 0 Å². The van der Waals surface area contributed by atoms with Crippen molar-refractivity contribution in [2.45, 2.75) is 26.2 Å². The maximum atomic E-state index is 5.08. The molecule has 0 radical (unpaired) electrons. The van der Waals surface area contributed by atoms with Crippen molar-refractivity contribution in [3.8, 4) is 11.3 Å². The van der Waals surface area contributed by atoms with Crippen LogP contribution in [0.1, 0.15) is 26.2 Å². The van der Waals surface area contributed by atoms with Crippen LogP contribution < -0.4 is 0 Å². The Morgan fingerprint density at radius 2 is 2.29 bits per heavy atom. The number of unbranched alkanes of at least 4 members (excludes halogenated alkanes) is 2. The molecule has 1 heteroatoms. The zero-order chi connectivity index (χ0) is 5.54. The monoisotopic (exact) mass is 116 g/mol. The summed E-state index contributed by atoms with van der Waals surface area (Å²) in [5.74, 6) is 2.76. The molecule has 0 rings (SSSR count). The number of halogens is 1. The first-order chi connectivity index (χ1) is 3.41. The van der Waals surface area contributed by atoms with Gasteiger partial charge in [0.05, 0.1) is 0 Å². The highest BCUT2D eigenvalue weighted by Gasteiger charge is 1.73. The van der Waals surface area contributed by atoms with Crippen molar-refractivity contribution in [2.24, 2.45) is 0 Å². The van der Waals surface area contributed by atoms with Crippen LogP contribution in [-0.4, -0.2) is 0 Å². The predicted molar refractivity (Wildman–Crippen MR) is 33.2 cm³/mol. The molecular weight excluding hydrogens is 108 g/mol. The Labute approximate surface area is 49.9 Å². The molecular formula is C6H9Cl. The first-order valence-electron chi connectivity index (χ1n) is 2.50. The minimum atomic E-state index is 0.944. The summed E-state index contributed by atoms with van der Waals surface area (Å²) in [5, 5.41) is 2.32. The third-order valence-electron chi connectivity index (χ3n) is 0.722. The Morgan fingerprint density at radius 3 is 2.71 bits per heavy atom. The number of hydrogen-bond donors (Lipinski definition) is 0.